The van der Waals surface area contributed by atoms with Gasteiger partial charge in [-0.05, 0) is 48.5 Å². The summed E-state index contributed by atoms with van der Waals surface area (Å²) in [6, 6.07) is 17.1. The zero-order valence-electron chi connectivity index (χ0n) is 16.2. The Kier molecular flexibility index (Phi) is 4.63. The number of methoxy groups -OCH3 is 2. The number of nitro groups is 1. The van der Waals surface area contributed by atoms with Crippen molar-refractivity contribution in [2.45, 2.75) is 5.72 Å². The predicted octanol–water partition coefficient (Wildman–Crippen LogP) is 3.79. The second kappa shape index (κ2) is 7.16. The number of nitro benzene ring substituents is 1. The zero-order valence-corrected chi connectivity index (χ0v) is 16.2. The van der Waals surface area contributed by atoms with E-state index in [-0.39, 0.29) is 11.3 Å². The lowest BCUT2D eigenvalue weighted by atomic mass is 9.96. The lowest BCUT2D eigenvalue weighted by molar-refractivity contribution is -0.384. The largest absolute Gasteiger partial charge is 0.497 e. The van der Waals surface area contributed by atoms with Crippen molar-refractivity contribution in [3.8, 4) is 11.5 Å². The maximum absolute atomic E-state index is 13.4. The average molecular weight is 406 g/mol. The van der Waals surface area contributed by atoms with E-state index in [0.717, 1.165) is 0 Å². The Morgan fingerprint density at radius 3 is 2.10 bits per heavy atom. The third kappa shape index (κ3) is 2.85. The minimum atomic E-state index is -2.08. The summed E-state index contributed by atoms with van der Waals surface area (Å²) in [5.41, 5.74) is -0.694. The number of non-ortho nitro benzene ring substituents is 1. The molecule has 30 heavy (non-hydrogen) atoms. The van der Waals surface area contributed by atoms with Gasteiger partial charge in [-0.1, -0.05) is 0 Å². The number of carbonyl (C=O) groups is 1. The molecule has 0 spiro atoms. The molecule has 0 aliphatic carbocycles. The topological polar surface area (TPSA) is 102 Å². The van der Waals surface area contributed by atoms with Crippen LogP contribution in [0.25, 0.3) is 0 Å². The predicted molar refractivity (Wildman–Crippen MR) is 109 cm³/mol. The van der Waals surface area contributed by atoms with Gasteiger partial charge < -0.3 is 19.5 Å². The Morgan fingerprint density at radius 2 is 1.53 bits per heavy atom. The van der Waals surface area contributed by atoms with Crippen LogP contribution in [0.1, 0.15) is 15.9 Å². The quantitative estimate of drug-likeness (QED) is 0.508. The first-order chi connectivity index (χ1) is 14.4. The van der Waals surface area contributed by atoms with Crippen LogP contribution in [0.2, 0.25) is 0 Å². The average Bonchev–Trinajstić information content (AvgIpc) is 3.01. The maximum Gasteiger partial charge on any atom is 0.269 e. The SMILES string of the molecule is COc1ccc(N2c3cc(OC)ccc3C(=O)C2(O)c2ccc([N+](=O)[O-])cc2)cc1. The van der Waals surface area contributed by atoms with E-state index in [9.17, 15) is 20.0 Å². The van der Waals surface area contributed by atoms with Gasteiger partial charge in [-0.3, -0.25) is 14.9 Å². The smallest absolute Gasteiger partial charge is 0.269 e. The number of anilines is 2. The van der Waals surface area contributed by atoms with Gasteiger partial charge in [-0.2, -0.15) is 0 Å². The Hall–Kier alpha value is -3.91. The van der Waals surface area contributed by atoms with E-state index in [1.165, 1.54) is 36.3 Å². The molecule has 0 fully saturated rings. The molecule has 8 heteroatoms. The summed E-state index contributed by atoms with van der Waals surface area (Å²) >= 11 is 0. The molecule has 152 valence electrons. The van der Waals surface area contributed by atoms with E-state index in [1.807, 2.05) is 0 Å². The maximum atomic E-state index is 13.4. The van der Waals surface area contributed by atoms with Crippen molar-refractivity contribution in [3.63, 3.8) is 0 Å². The van der Waals surface area contributed by atoms with Gasteiger partial charge in [-0.25, -0.2) is 0 Å². The highest BCUT2D eigenvalue weighted by atomic mass is 16.6. The van der Waals surface area contributed by atoms with Crippen LogP contribution >= 0.6 is 0 Å². The third-order valence-corrected chi connectivity index (χ3v) is 5.14. The lowest BCUT2D eigenvalue weighted by Crippen LogP contribution is -2.45. The standard InChI is InChI=1S/C22H18N2O6/c1-29-17-9-7-15(8-10-17)23-20-13-18(30-2)11-12-19(20)21(25)22(23,26)14-3-5-16(6-4-14)24(27)28/h3-13,26H,1-2H3. The van der Waals surface area contributed by atoms with Gasteiger partial charge in [0.15, 0.2) is 0 Å². The van der Waals surface area contributed by atoms with E-state index in [2.05, 4.69) is 0 Å². The van der Waals surface area contributed by atoms with Crippen molar-refractivity contribution in [1.82, 2.24) is 0 Å². The molecular formula is C22H18N2O6. The van der Waals surface area contributed by atoms with Gasteiger partial charge in [0.2, 0.25) is 11.5 Å². The number of rotatable bonds is 5. The molecule has 3 aromatic rings. The summed E-state index contributed by atoms with van der Waals surface area (Å²) in [4.78, 5) is 25.3. The molecule has 1 aliphatic rings. The van der Waals surface area contributed by atoms with Gasteiger partial charge in [-0.15, -0.1) is 0 Å². The summed E-state index contributed by atoms with van der Waals surface area (Å²) in [6.45, 7) is 0. The summed E-state index contributed by atoms with van der Waals surface area (Å²) in [5.74, 6) is 0.604. The van der Waals surface area contributed by atoms with Gasteiger partial charge in [0.05, 0.1) is 24.8 Å². The summed E-state index contributed by atoms with van der Waals surface area (Å²) in [5, 5.41) is 22.7. The van der Waals surface area contributed by atoms with Crippen molar-refractivity contribution in [2.75, 3.05) is 19.1 Å². The Bertz CT molecular complexity index is 1130. The monoisotopic (exact) mass is 406 g/mol. The molecule has 4 rings (SSSR count). The van der Waals surface area contributed by atoms with E-state index >= 15 is 0 Å². The molecule has 0 bridgehead atoms. The highest BCUT2D eigenvalue weighted by Gasteiger charge is 2.52. The minimum Gasteiger partial charge on any atom is -0.497 e. The second-order valence-corrected chi connectivity index (χ2v) is 6.72. The van der Waals surface area contributed by atoms with Crippen LogP contribution in [0.15, 0.2) is 66.7 Å². The van der Waals surface area contributed by atoms with Crippen molar-refractivity contribution in [2.24, 2.45) is 0 Å². The van der Waals surface area contributed by atoms with E-state index in [0.29, 0.717) is 28.4 Å². The fourth-order valence-corrected chi connectivity index (χ4v) is 3.61. The van der Waals surface area contributed by atoms with Crippen LogP contribution in [0, 0.1) is 10.1 Å². The molecule has 1 heterocycles. The number of hydrogen-bond donors (Lipinski definition) is 1. The molecule has 1 atom stereocenters. The molecule has 8 nitrogen and oxygen atoms in total. The number of benzene rings is 3. The molecular weight excluding hydrogens is 388 g/mol. The number of fused-ring (bicyclic) bond motifs is 1. The number of ketones is 1. The van der Waals surface area contributed by atoms with Crippen LogP contribution in [-0.4, -0.2) is 30.0 Å². The highest BCUT2D eigenvalue weighted by Crippen LogP contribution is 2.49. The van der Waals surface area contributed by atoms with Crippen molar-refractivity contribution < 1.29 is 24.3 Å². The second-order valence-electron chi connectivity index (χ2n) is 6.72. The molecule has 0 saturated heterocycles. The van der Waals surface area contributed by atoms with Crippen molar-refractivity contribution in [3.05, 3.63) is 88.0 Å². The highest BCUT2D eigenvalue weighted by molar-refractivity contribution is 6.15. The molecule has 1 unspecified atom stereocenters. The fraction of sp³-hybridized carbons (Fsp3) is 0.136. The first kappa shape index (κ1) is 19.4. The van der Waals surface area contributed by atoms with Gasteiger partial charge in [0.1, 0.15) is 11.5 Å². The molecule has 1 N–H and O–H groups in total. The zero-order chi connectivity index (χ0) is 21.5. The summed E-state index contributed by atoms with van der Waals surface area (Å²) in [6.07, 6.45) is 0. The van der Waals surface area contributed by atoms with Crippen LogP contribution in [0.4, 0.5) is 17.1 Å². The minimum absolute atomic E-state index is 0.136. The lowest BCUT2D eigenvalue weighted by Gasteiger charge is -2.34. The first-order valence-electron chi connectivity index (χ1n) is 9.04. The summed E-state index contributed by atoms with van der Waals surface area (Å²) < 4.78 is 10.5. The first-order valence-corrected chi connectivity index (χ1v) is 9.04. The number of Topliss-reactive ketones (excluding diaryl/α,β-unsaturated/α-hetero) is 1. The van der Waals surface area contributed by atoms with Crippen LogP contribution < -0.4 is 14.4 Å². The van der Waals surface area contributed by atoms with E-state index in [1.54, 1.807) is 49.6 Å². The number of carbonyl (C=O) groups excluding carboxylic acids is 1. The van der Waals surface area contributed by atoms with E-state index < -0.39 is 16.4 Å². The molecule has 1 aliphatic heterocycles. The molecule has 0 radical (unpaired) electrons. The third-order valence-electron chi connectivity index (χ3n) is 5.14. The molecule has 0 aromatic heterocycles. The van der Waals surface area contributed by atoms with Crippen LogP contribution in [0.3, 0.4) is 0 Å². The van der Waals surface area contributed by atoms with Crippen LogP contribution in [0.5, 0.6) is 11.5 Å². The van der Waals surface area contributed by atoms with Crippen molar-refractivity contribution in [1.29, 1.82) is 0 Å². The molecule has 0 saturated carbocycles. The Labute approximate surface area is 172 Å². The Morgan fingerprint density at radius 1 is 0.933 bits per heavy atom. The number of nitrogens with zero attached hydrogens (tertiary/aromatic N) is 2. The van der Waals surface area contributed by atoms with Crippen molar-refractivity contribution >= 4 is 22.8 Å². The van der Waals surface area contributed by atoms with Gasteiger partial charge in [0, 0.05) is 35.0 Å². The molecule has 3 aromatic carbocycles. The number of aliphatic hydroxyl groups is 1. The molecule has 0 amide bonds. The summed E-state index contributed by atoms with van der Waals surface area (Å²) in [7, 11) is 3.06. The normalized spacial score (nSPS) is 17.6. The van der Waals surface area contributed by atoms with E-state index in [4.69, 9.17) is 9.47 Å². The Balaban J connectivity index is 1.92. The fourth-order valence-electron chi connectivity index (χ4n) is 3.61. The number of hydrogen-bond acceptors (Lipinski definition) is 7. The van der Waals surface area contributed by atoms with Gasteiger partial charge >= 0.3 is 0 Å². The number of ether oxygens (including phenoxy) is 2. The van der Waals surface area contributed by atoms with Gasteiger partial charge in [0.25, 0.3) is 5.69 Å². The van der Waals surface area contributed by atoms with Crippen LogP contribution in [-0.2, 0) is 5.72 Å².